The monoisotopic (exact) mass is 283 g/mol. The van der Waals surface area contributed by atoms with Crippen LogP contribution >= 0.6 is 0 Å². The van der Waals surface area contributed by atoms with E-state index in [1.165, 1.54) is 0 Å². The van der Waals surface area contributed by atoms with Gasteiger partial charge in [-0.2, -0.15) is 0 Å². The lowest BCUT2D eigenvalue weighted by Crippen LogP contribution is -2.02. The number of ether oxygens (including phenoxy) is 2. The Morgan fingerprint density at radius 3 is 2.62 bits per heavy atom. The molecule has 0 aliphatic carbocycles. The van der Waals surface area contributed by atoms with Crippen LogP contribution in [0.5, 0.6) is 11.5 Å². The lowest BCUT2D eigenvalue weighted by atomic mass is 9.99. The molecule has 1 unspecified atom stereocenters. The third kappa shape index (κ3) is 2.45. The Balaban J connectivity index is 2.02. The van der Waals surface area contributed by atoms with E-state index < -0.39 is 6.10 Å². The van der Waals surface area contributed by atoms with Gasteiger partial charge in [-0.25, -0.2) is 0 Å². The van der Waals surface area contributed by atoms with Gasteiger partial charge in [0.05, 0.1) is 14.2 Å². The summed E-state index contributed by atoms with van der Waals surface area (Å²) in [6.07, 6.45) is 1.14. The Morgan fingerprint density at radius 2 is 1.86 bits per heavy atom. The molecule has 108 valence electrons. The maximum absolute atomic E-state index is 10.6. The molecule has 0 saturated heterocycles. The number of hydrogen-bond donors (Lipinski definition) is 2. The number of aliphatic hydroxyl groups excluding tert-OH is 1. The van der Waals surface area contributed by atoms with Gasteiger partial charge in [0, 0.05) is 23.3 Å². The lowest BCUT2D eigenvalue weighted by molar-refractivity contribution is 0.214. The Labute approximate surface area is 122 Å². The predicted molar refractivity (Wildman–Crippen MR) is 81.9 cm³/mol. The molecule has 0 bridgehead atoms. The van der Waals surface area contributed by atoms with E-state index in [1.807, 2.05) is 42.6 Å². The zero-order valence-electron chi connectivity index (χ0n) is 12.0. The van der Waals surface area contributed by atoms with E-state index >= 15 is 0 Å². The molecule has 0 amide bonds. The van der Waals surface area contributed by atoms with Gasteiger partial charge >= 0.3 is 0 Å². The largest absolute Gasteiger partial charge is 0.497 e. The number of aromatic nitrogens is 1. The van der Waals surface area contributed by atoms with Crippen molar-refractivity contribution in [1.29, 1.82) is 0 Å². The van der Waals surface area contributed by atoms with Crippen molar-refractivity contribution in [3.8, 4) is 11.5 Å². The maximum Gasteiger partial charge on any atom is 0.128 e. The summed E-state index contributed by atoms with van der Waals surface area (Å²) >= 11 is 0. The predicted octanol–water partition coefficient (Wildman–Crippen LogP) is 3.27. The third-order valence-electron chi connectivity index (χ3n) is 3.63. The minimum atomic E-state index is -0.745. The van der Waals surface area contributed by atoms with Gasteiger partial charge in [-0.3, -0.25) is 0 Å². The molecule has 0 saturated carbocycles. The summed E-state index contributed by atoms with van der Waals surface area (Å²) in [7, 11) is 3.19. The summed E-state index contributed by atoms with van der Waals surface area (Å²) in [5, 5.41) is 11.7. The first-order valence-corrected chi connectivity index (χ1v) is 6.70. The van der Waals surface area contributed by atoms with Crippen LogP contribution in [0.4, 0.5) is 0 Å². The van der Waals surface area contributed by atoms with Gasteiger partial charge in [0.2, 0.25) is 0 Å². The van der Waals surface area contributed by atoms with E-state index in [0.717, 1.165) is 16.5 Å². The summed E-state index contributed by atoms with van der Waals surface area (Å²) in [6, 6.07) is 13.2. The SMILES string of the molecule is COc1ccc(C(O)c2ccc3[nH]ccc3c2)c(OC)c1. The van der Waals surface area contributed by atoms with Gasteiger partial charge in [-0.1, -0.05) is 6.07 Å². The Hall–Kier alpha value is -2.46. The van der Waals surface area contributed by atoms with E-state index in [9.17, 15) is 5.11 Å². The van der Waals surface area contributed by atoms with Crippen LogP contribution in [0.3, 0.4) is 0 Å². The van der Waals surface area contributed by atoms with Crippen LogP contribution in [0.2, 0.25) is 0 Å². The molecule has 4 nitrogen and oxygen atoms in total. The van der Waals surface area contributed by atoms with Crippen LogP contribution < -0.4 is 9.47 Å². The molecule has 0 aliphatic heterocycles. The first kappa shape index (κ1) is 13.5. The standard InChI is InChI=1S/C17H17NO3/c1-20-13-4-5-14(16(10-13)21-2)17(19)12-3-6-15-11(9-12)7-8-18-15/h3-10,17-19H,1-2H3. The summed E-state index contributed by atoms with van der Waals surface area (Å²) in [6.45, 7) is 0. The fourth-order valence-corrected chi connectivity index (χ4v) is 2.47. The normalized spacial score (nSPS) is 12.3. The number of aliphatic hydroxyl groups is 1. The van der Waals surface area contributed by atoms with Crippen molar-refractivity contribution in [2.24, 2.45) is 0 Å². The second kappa shape index (κ2) is 5.50. The zero-order valence-corrected chi connectivity index (χ0v) is 12.0. The third-order valence-corrected chi connectivity index (χ3v) is 3.63. The first-order valence-electron chi connectivity index (χ1n) is 6.70. The van der Waals surface area contributed by atoms with Crippen LogP contribution in [-0.2, 0) is 0 Å². The van der Waals surface area contributed by atoms with Crippen molar-refractivity contribution in [2.75, 3.05) is 14.2 Å². The van der Waals surface area contributed by atoms with Crippen molar-refractivity contribution >= 4 is 10.9 Å². The van der Waals surface area contributed by atoms with Crippen molar-refractivity contribution in [3.05, 3.63) is 59.8 Å². The minimum absolute atomic E-state index is 0.607. The molecule has 0 radical (unpaired) electrons. The molecule has 2 aromatic carbocycles. The molecule has 0 aliphatic rings. The van der Waals surface area contributed by atoms with Gasteiger partial charge in [-0.15, -0.1) is 0 Å². The highest BCUT2D eigenvalue weighted by Crippen LogP contribution is 2.33. The van der Waals surface area contributed by atoms with E-state index in [1.54, 1.807) is 20.3 Å². The average molecular weight is 283 g/mol. The number of benzene rings is 2. The summed E-state index contributed by atoms with van der Waals surface area (Å²) in [5.74, 6) is 1.31. The number of methoxy groups -OCH3 is 2. The molecule has 21 heavy (non-hydrogen) atoms. The van der Waals surface area contributed by atoms with Crippen LogP contribution in [-0.4, -0.2) is 24.3 Å². The van der Waals surface area contributed by atoms with E-state index in [-0.39, 0.29) is 0 Å². The highest BCUT2D eigenvalue weighted by atomic mass is 16.5. The van der Waals surface area contributed by atoms with Gasteiger partial charge in [0.1, 0.15) is 17.6 Å². The van der Waals surface area contributed by atoms with Crippen LogP contribution in [0.1, 0.15) is 17.2 Å². The molecule has 1 atom stereocenters. The minimum Gasteiger partial charge on any atom is -0.497 e. The van der Waals surface area contributed by atoms with E-state index in [2.05, 4.69) is 4.98 Å². The fraction of sp³-hybridized carbons (Fsp3) is 0.176. The quantitative estimate of drug-likeness (QED) is 0.772. The number of hydrogen-bond acceptors (Lipinski definition) is 3. The molecule has 2 N–H and O–H groups in total. The number of H-pyrrole nitrogens is 1. The second-order valence-electron chi connectivity index (χ2n) is 4.83. The summed E-state index contributed by atoms with van der Waals surface area (Å²) < 4.78 is 10.5. The summed E-state index contributed by atoms with van der Waals surface area (Å²) in [5.41, 5.74) is 2.59. The Bertz CT molecular complexity index is 764. The van der Waals surface area contributed by atoms with Gasteiger partial charge < -0.3 is 19.6 Å². The first-order chi connectivity index (χ1) is 10.2. The summed E-state index contributed by atoms with van der Waals surface area (Å²) in [4.78, 5) is 3.14. The van der Waals surface area contributed by atoms with Gasteiger partial charge in [0.25, 0.3) is 0 Å². The molecule has 3 aromatic rings. The average Bonchev–Trinajstić information content (AvgIpc) is 3.01. The molecular weight excluding hydrogens is 266 g/mol. The second-order valence-corrected chi connectivity index (χ2v) is 4.83. The molecule has 0 fully saturated rings. The number of aromatic amines is 1. The highest BCUT2D eigenvalue weighted by molar-refractivity contribution is 5.80. The zero-order chi connectivity index (χ0) is 14.8. The van der Waals surface area contributed by atoms with Crippen LogP contribution in [0.25, 0.3) is 10.9 Å². The molecule has 1 aromatic heterocycles. The molecule has 3 rings (SSSR count). The van der Waals surface area contributed by atoms with E-state index in [4.69, 9.17) is 9.47 Å². The smallest absolute Gasteiger partial charge is 0.128 e. The molecule has 1 heterocycles. The number of nitrogens with one attached hydrogen (secondary N) is 1. The van der Waals surface area contributed by atoms with Crippen molar-refractivity contribution < 1.29 is 14.6 Å². The van der Waals surface area contributed by atoms with Crippen molar-refractivity contribution in [2.45, 2.75) is 6.10 Å². The number of rotatable bonds is 4. The van der Waals surface area contributed by atoms with Crippen molar-refractivity contribution in [3.63, 3.8) is 0 Å². The van der Waals surface area contributed by atoms with E-state index in [0.29, 0.717) is 17.1 Å². The lowest BCUT2D eigenvalue weighted by Gasteiger charge is -2.16. The van der Waals surface area contributed by atoms with Crippen LogP contribution in [0.15, 0.2) is 48.7 Å². The molecule has 4 heteroatoms. The van der Waals surface area contributed by atoms with Crippen molar-refractivity contribution in [1.82, 2.24) is 4.98 Å². The van der Waals surface area contributed by atoms with Gasteiger partial charge in [-0.05, 0) is 41.3 Å². The Morgan fingerprint density at radius 1 is 1.00 bits per heavy atom. The maximum atomic E-state index is 10.6. The van der Waals surface area contributed by atoms with Crippen LogP contribution in [0, 0.1) is 0 Å². The topological polar surface area (TPSA) is 54.5 Å². The molecule has 0 spiro atoms. The Kier molecular flexibility index (Phi) is 3.54. The fourth-order valence-electron chi connectivity index (χ4n) is 2.47. The molecular formula is C17H17NO3. The number of fused-ring (bicyclic) bond motifs is 1. The van der Waals surface area contributed by atoms with Gasteiger partial charge in [0.15, 0.2) is 0 Å². The highest BCUT2D eigenvalue weighted by Gasteiger charge is 2.16.